The van der Waals surface area contributed by atoms with Gasteiger partial charge in [0, 0.05) is 0 Å². The van der Waals surface area contributed by atoms with Crippen LogP contribution in [-0.2, 0) is 20.8 Å². The fraction of sp³-hybridized carbons (Fsp3) is 0.235. The predicted molar refractivity (Wildman–Crippen MR) is 88.0 cm³/mol. The first-order chi connectivity index (χ1) is 12.2. The summed E-state index contributed by atoms with van der Waals surface area (Å²) in [5.41, 5.74) is -0.942. The number of rotatable bonds is 5. The Morgan fingerprint density at radius 2 is 1.65 bits per heavy atom. The summed E-state index contributed by atoms with van der Waals surface area (Å²) in [7, 11) is -4.11. The fourth-order valence-corrected chi connectivity index (χ4v) is 3.79. The van der Waals surface area contributed by atoms with Crippen LogP contribution in [0.25, 0.3) is 0 Å². The minimum Gasteiger partial charge on any atom is -0.450 e. The van der Waals surface area contributed by atoms with Crippen molar-refractivity contribution in [2.24, 2.45) is 0 Å². The van der Waals surface area contributed by atoms with Crippen molar-refractivity contribution in [1.82, 2.24) is 5.32 Å². The quantitative estimate of drug-likeness (QED) is 0.844. The Morgan fingerprint density at radius 3 is 2.15 bits per heavy atom. The molecule has 0 aliphatic rings. The van der Waals surface area contributed by atoms with E-state index < -0.39 is 33.0 Å². The summed E-state index contributed by atoms with van der Waals surface area (Å²) >= 11 is 0. The Bertz CT molecular complexity index is 850. The molecule has 2 aromatic carbocycles. The number of carbonyl (C=O) groups excluding carboxylic acids is 1. The summed E-state index contributed by atoms with van der Waals surface area (Å²) in [6.45, 7) is 1.55. The molecule has 1 atom stereocenters. The molecule has 0 fully saturated rings. The van der Waals surface area contributed by atoms with Gasteiger partial charge in [0.1, 0.15) is 0 Å². The predicted octanol–water partition coefficient (Wildman–Crippen LogP) is 3.92. The second-order valence-electron chi connectivity index (χ2n) is 5.22. The Labute approximate surface area is 148 Å². The minimum absolute atomic E-state index is 0.0109. The molecule has 26 heavy (non-hydrogen) atoms. The van der Waals surface area contributed by atoms with E-state index in [1.54, 1.807) is 13.0 Å². The molecule has 1 amide bonds. The van der Waals surface area contributed by atoms with Crippen LogP contribution in [0.1, 0.15) is 23.4 Å². The summed E-state index contributed by atoms with van der Waals surface area (Å²) < 4.78 is 68.6. The number of benzene rings is 2. The smallest absolute Gasteiger partial charge is 0.416 e. The molecule has 2 aromatic rings. The van der Waals surface area contributed by atoms with Crippen LogP contribution in [0.15, 0.2) is 59.5 Å². The Hall–Kier alpha value is -2.55. The van der Waals surface area contributed by atoms with Gasteiger partial charge >= 0.3 is 12.3 Å². The third kappa shape index (κ3) is 4.54. The topological polar surface area (TPSA) is 72.5 Å². The lowest BCUT2D eigenvalue weighted by molar-refractivity contribution is -0.137. The van der Waals surface area contributed by atoms with Crippen LogP contribution >= 0.6 is 0 Å². The van der Waals surface area contributed by atoms with Crippen molar-refractivity contribution in [2.75, 3.05) is 6.61 Å². The standard InChI is InChI=1S/C17H16F3NO4S/c1-2-25-16(22)21-15(26(23,24)14-6-4-3-5-7-14)12-8-10-13(11-9-12)17(18,19)20/h3-11,15H,2H2,1H3,(H,21,22). The number of hydrogen-bond donors (Lipinski definition) is 1. The van der Waals surface area contributed by atoms with Gasteiger partial charge in [-0.3, -0.25) is 0 Å². The van der Waals surface area contributed by atoms with E-state index in [1.807, 2.05) is 0 Å². The second-order valence-corrected chi connectivity index (χ2v) is 7.26. The van der Waals surface area contributed by atoms with Crippen LogP contribution in [0.4, 0.5) is 18.0 Å². The van der Waals surface area contributed by atoms with Crippen LogP contribution in [0, 0.1) is 0 Å². The number of nitrogens with one attached hydrogen (secondary N) is 1. The first kappa shape index (κ1) is 19.8. The highest BCUT2D eigenvalue weighted by atomic mass is 32.2. The van der Waals surface area contributed by atoms with E-state index in [-0.39, 0.29) is 17.1 Å². The van der Waals surface area contributed by atoms with E-state index in [2.05, 4.69) is 5.32 Å². The van der Waals surface area contributed by atoms with Gasteiger partial charge in [-0.25, -0.2) is 13.2 Å². The molecule has 9 heteroatoms. The largest absolute Gasteiger partial charge is 0.450 e. The van der Waals surface area contributed by atoms with Crippen LogP contribution in [-0.4, -0.2) is 21.1 Å². The molecule has 0 saturated heterocycles. The van der Waals surface area contributed by atoms with Gasteiger partial charge in [-0.2, -0.15) is 13.2 Å². The summed E-state index contributed by atoms with van der Waals surface area (Å²) in [6.07, 6.45) is -5.54. The van der Waals surface area contributed by atoms with Gasteiger partial charge in [0.15, 0.2) is 5.37 Å². The highest BCUT2D eigenvalue weighted by Gasteiger charge is 2.33. The average molecular weight is 387 g/mol. The molecule has 0 saturated carbocycles. The van der Waals surface area contributed by atoms with E-state index in [0.717, 1.165) is 24.3 Å². The number of hydrogen-bond acceptors (Lipinski definition) is 4. The van der Waals surface area contributed by atoms with E-state index in [0.29, 0.717) is 0 Å². The molecule has 0 aliphatic heterocycles. The van der Waals surface area contributed by atoms with Crippen molar-refractivity contribution in [3.8, 4) is 0 Å². The van der Waals surface area contributed by atoms with Crippen molar-refractivity contribution in [3.05, 3.63) is 65.7 Å². The normalized spacial score (nSPS) is 13.1. The second kappa shape index (κ2) is 7.77. The third-order valence-electron chi connectivity index (χ3n) is 3.45. The molecule has 5 nitrogen and oxygen atoms in total. The molecule has 1 unspecified atom stereocenters. The Morgan fingerprint density at radius 1 is 1.08 bits per heavy atom. The first-order valence-corrected chi connectivity index (χ1v) is 9.10. The van der Waals surface area contributed by atoms with Gasteiger partial charge in [0.05, 0.1) is 17.1 Å². The zero-order valence-electron chi connectivity index (χ0n) is 13.7. The molecular weight excluding hydrogens is 371 g/mol. The number of ether oxygens (including phenoxy) is 1. The maximum absolute atomic E-state index is 12.9. The SMILES string of the molecule is CCOC(=O)NC(c1ccc(C(F)(F)F)cc1)S(=O)(=O)c1ccccc1. The maximum Gasteiger partial charge on any atom is 0.416 e. The number of sulfone groups is 1. The van der Waals surface area contributed by atoms with Gasteiger partial charge in [-0.05, 0) is 36.8 Å². The number of halogens is 3. The van der Waals surface area contributed by atoms with Gasteiger partial charge in [-0.1, -0.05) is 30.3 Å². The summed E-state index contributed by atoms with van der Waals surface area (Å²) in [6, 6.07) is 10.8. The van der Waals surface area contributed by atoms with Crippen molar-refractivity contribution in [3.63, 3.8) is 0 Å². The molecule has 140 valence electrons. The van der Waals surface area contributed by atoms with E-state index in [9.17, 15) is 26.4 Å². The number of alkyl carbamates (subject to hydrolysis) is 1. The van der Waals surface area contributed by atoms with Crippen LogP contribution in [0.3, 0.4) is 0 Å². The lowest BCUT2D eigenvalue weighted by Crippen LogP contribution is -2.34. The summed E-state index contributed by atoms with van der Waals surface area (Å²) in [5, 5.41) is 0.609. The molecule has 0 aliphatic carbocycles. The lowest BCUT2D eigenvalue weighted by Gasteiger charge is -2.20. The van der Waals surface area contributed by atoms with Crippen molar-refractivity contribution < 1.29 is 31.1 Å². The monoisotopic (exact) mass is 387 g/mol. The lowest BCUT2D eigenvalue weighted by atomic mass is 10.1. The van der Waals surface area contributed by atoms with Crippen LogP contribution in [0.5, 0.6) is 0 Å². The average Bonchev–Trinajstić information content (AvgIpc) is 2.60. The molecule has 0 aromatic heterocycles. The molecule has 0 radical (unpaired) electrons. The third-order valence-corrected chi connectivity index (χ3v) is 5.39. The number of alkyl halides is 3. The molecule has 0 spiro atoms. The van der Waals surface area contributed by atoms with E-state index >= 15 is 0 Å². The van der Waals surface area contributed by atoms with Crippen LogP contribution < -0.4 is 5.32 Å². The van der Waals surface area contributed by atoms with Gasteiger partial charge in [0.25, 0.3) is 0 Å². The summed E-state index contributed by atoms with van der Waals surface area (Å²) in [5.74, 6) is 0. The minimum atomic E-state index is -4.55. The van der Waals surface area contributed by atoms with E-state index in [1.165, 1.54) is 24.3 Å². The van der Waals surface area contributed by atoms with Gasteiger partial charge in [-0.15, -0.1) is 0 Å². The zero-order chi connectivity index (χ0) is 19.4. The van der Waals surface area contributed by atoms with E-state index in [4.69, 9.17) is 4.74 Å². The first-order valence-electron chi connectivity index (χ1n) is 7.55. The molecule has 0 bridgehead atoms. The number of amides is 1. The Balaban J connectivity index is 2.46. The molecule has 2 rings (SSSR count). The van der Waals surface area contributed by atoms with Crippen molar-refractivity contribution in [2.45, 2.75) is 23.4 Å². The molecular formula is C17H16F3NO4S. The highest BCUT2D eigenvalue weighted by molar-refractivity contribution is 7.91. The highest BCUT2D eigenvalue weighted by Crippen LogP contribution is 2.32. The maximum atomic E-state index is 12.9. The molecule has 0 heterocycles. The Kier molecular flexibility index (Phi) is 5.91. The zero-order valence-corrected chi connectivity index (χ0v) is 14.5. The van der Waals surface area contributed by atoms with Gasteiger partial charge in [0.2, 0.25) is 9.84 Å². The number of carbonyl (C=O) groups is 1. The fourth-order valence-electron chi connectivity index (χ4n) is 2.21. The van der Waals surface area contributed by atoms with Crippen molar-refractivity contribution >= 4 is 15.9 Å². The van der Waals surface area contributed by atoms with Crippen molar-refractivity contribution in [1.29, 1.82) is 0 Å². The molecule has 1 N–H and O–H groups in total. The van der Waals surface area contributed by atoms with Gasteiger partial charge < -0.3 is 10.1 Å². The summed E-state index contributed by atoms with van der Waals surface area (Å²) in [4.78, 5) is 11.7. The van der Waals surface area contributed by atoms with Crippen LogP contribution in [0.2, 0.25) is 0 Å².